The fourth-order valence-corrected chi connectivity index (χ4v) is 1.44. The fourth-order valence-electron chi connectivity index (χ4n) is 1.44. The van der Waals surface area contributed by atoms with Gasteiger partial charge in [0.1, 0.15) is 5.75 Å². The van der Waals surface area contributed by atoms with Crippen molar-refractivity contribution in [3.63, 3.8) is 0 Å². The van der Waals surface area contributed by atoms with Crippen LogP contribution in [0.2, 0.25) is 0 Å². The maximum absolute atomic E-state index is 11.9. The first kappa shape index (κ1) is 13.5. The quantitative estimate of drug-likeness (QED) is 0.794. The molecule has 4 heteroatoms. The molecule has 17 heavy (non-hydrogen) atoms. The van der Waals surface area contributed by atoms with Gasteiger partial charge in [-0.25, -0.2) is 0 Å². The summed E-state index contributed by atoms with van der Waals surface area (Å²) in [4.78, 5) is 11.9. The predicted octanol–water partition coefficient (Wildman–Crippen LogP) is 2.02. The van der Waals surface area contributed by atoms with Crippen molar-refractivity contribution < 1.29 is 9.53 Å². The Morgan fingerprint density at radius 1 is 1.41 bits per heavy atom. The SMILES string of the molecule is CCCNC(C)C(=O)Nc1ccccc1OC. The van der Waals surface area contributed by atoms with E-state index >= 15 is 0 Å². The Morgan fingerprint density at radius 3 is 2.76 bits per heavy atom. The highest BCUT2D eigenvalue weighted by Crippen LogP contribution is 2.22. The van der Waals surface area contributed by atoms with Gasteiger partial charge in [-0.2, -0.15) is 0 Å². The zero-order chi connectivity index (χ0) is 12.7. The highest BCUT2D eigenvalue weighted by molar-refractivity contribution is 5.95. The summed E-state index contributed by atoms with van der Waals surface area (Å²) in [5.74, 6) is 0.617. The van der Waals surface area contributed by atoms with E-state index in [1.165, 1.54) is 0 Å². The standard InChI is InChI=1S/C13H20N2O2/c1-4-9-14-10(2)13(16)15-11-7-5-6-8-12(11)17-3/h5-8,10,14H,4,9H2,1-3H3,(H,15,16). The number of ether oxygens (including phenoxy) is 1. The molecule has 4 nitrogen and oxygen atoms in total. The minimum absolute atomic E-state index is 0.0528. The molecule has 0 saturated carbocycles. The zero-order valence-electron chi connectivity index (χ0n) is 10.6. The van der Waals surface area contributed by atoms with Gasteiger partial charge >= 0.3 is 0 Å². The largest absolute Gasteiger partial charge is 0.495 e. The summed E-state index contributed by atoms with van der Waals surface area (Å²) in [7, 11) is 1.59. The molecule has 94 valence electrons. The first-order valence-electron chi connectivity index (χ1n) is 5.86. The van der Waals surface area contributed by atoms with E-state index in [2.05, 4.69) is 17.6 Å². The number of rotatable bonds is 6. The Balaban J connectivity index is 2.61. The monoisotopic (exact) mass is 236 g/mol. The van der Waals surface area contributed by atoms with Crippen molar-refractivity contribution in [2.24, 2.45) is 0 Å². The summed E-state index contributed by atoms with van der Waals surface area (Å²) in [6, 6.07) is 7.17. The second-order valence-electron chi connectivity index (χ2n) is 3.87. The lowest BCUT2D eigenvalue weighted by molar-refractivity contribution is -0.117. The Kier molecular flexibility index (Phi) is 5.49. The highest BCUT2D eigenvalue weighted by Gasteiger charge is 2.13. The molecule has 0 fully saturated rings. The molecule has 0 spiro atoms. The van der Waals surface area contributed by atoms with Crippen molar-refractivity contribution in [3.8, 4) is 5.75 Å². The van der Waals surface area contributed by atoms with Crippen molar-refractivity contribution in [3.05, 3.63) is 24.3 Å². The number of amides is 1. The van der Waals surface area contributed by atoms with Gasteiger partial charge in [-0.05, 0) is 32.0 Å². The smallest absolute Gasteiger partial charge is 0.241 e. The third-order valence-electron chi connectivity index (χ3n) is 2.46. The maximum atomic E-state index is 11.9. The molecule has 0 aromatic heterocycles. The topological polar surface area (TPSA) is 50.4 Å². The van der Waals surface area contributed by atoms with E-state index in [9.17, 15) is 4.79 Å². The lowest BCUT2D eigenvalue weighted by Crippen LogP contribution is -2.38. The van der Waals surface area contributed by atoms with Gasteiger partial charge in [-0.15, -0.1) is 0 Å². The van der Waals surface area contributed by atoms with Gasteiger partial charge in [-0.3, -0.25) is 4.79 Å². The third-order valence-corrected chi connectivity index (χ3v) is 2.46. The molecule has 1 aromatic carbocycles. The summed E-state index contributed by atoms with van der Waals surface area (Å²) in [5, 5.41) is 5.98. The van der Waals surface area contributed by atoms with E-state index in [4.69, 9.17) is 4.74 Å². The average molecular weight is 236 g/mol. The second-order valence-corrected chi connectivity index (χ2v) is 3.87. The van der Waals surface area contributed by atoms with Crippen LogP contribution in [0.3, 0.4) is 0 Å². The molecule has 1 aromatic rings. The normalized spacial score (nSPS) is 11.9. The molecule has 0 aliphatic rings. The molecule has 0 aliphatic carbocycles. The molecule has 0 aliphatic heterocycles. The van der Waals surface area contributed by atoms with Gasteiger partial charge in [-0.1, -0.05) is 19.1 Å². The molecule has 1 amide bonds. The van der Waals surface area contributed by atoms with E-state index in [-0.39, 0.29) is 11.9 Å². The van der Waals surface area contributed by atoms with Gasteiger partial charge in [0.25, 0.3) is 0 Å². The van der Waals surface area contributed by atoms with Gasteiger partial charge in [0.2, 0.25) is 5.91 Å². The summed E-state index contributed by atoms with van der Waals surface area (Å²) in [6.07, 6.45) is 1.01. The number of nitrogens with one attached hydrogen (secondary N) is 2. The number of hydrogen-bond donors (Lipinski definition) is 2. The molecule has 1 unspecified atom stereocenters. The van der Waals surface area contributed by atoms with Crippen molar-refractivity contribution in [2.45, 2.75) is 26.3 Å². The molecule has 0 radical (unpaired) electrons. The number of para-hydroxylation sites is 2. The lowest BCUT2D eigenvalue weighted by Gasteiger charge is -2.15. The van der Waals surface area contributed by atoms with Crippen LogP contribution in [-0.4, -0.2) is 25.6 Å². The number of hydrogen-bond acceptors (Lipinski definition) is 3. The van der Waals surface area contributed by atoms with E-state index in [1.54, 1.807) is 7.11 Å². The molecule has 1 atom stereocenters. The maximum Gasteiger partial charge on any atom is 0.241 e. The van der Waals surface area contributed by atoms with Crippen LogP contribution in [-0.2, 0) is 4.79 Å². The minimum Gasteiger partial charge on any atom is -0.495 e. The zero-order valence-corrected chi connectivity index (χ0v) is 10.6. The van der Waals surface area contributed by atoms with Crippen molar-refractivity contribution >= 4 is 11.6 Å². The predicted molar refractivity (Wildman–Crippen MR) is 69.4 cm³/mol. The molecular weight excluding hydrogens is 216 g/mol. The second kappa shape index (κ2) is 6.91. The molecule has 2 N–H and O–H groups in total. The van der Waals surface area contributed by atoms with Crippen molar-refractivity contribution in [2.75, 3.05) is 19.0 Å². The number of methoxy groups -OCH3 is 1. The Hall–Kier alpha value is -1.55. The van der Waals surface area contributed by atoms with Crippen LogP contribution in [0, 0.1) is 0 Å². The summed E-state index contributed by atoms with van der Waals surface area (Å²) >= 11 is 0. The van der Waals surface area contributed by atoms with Gasteiger partial charge in [0, 0.05) is 0 Å². The number of carbonyl (C=O) groups excluding carboxylic acids is 1. The van der Waals surface area contributed by atoms with Crippen LogP contribution in [0.15, 0.2) is 24.3 Å². The van der Waals surface area contributed by atoms with Crippen LogP contribution in [0.25, 0.3) is 0 Å². The first-order valence-corrected chi connectivity index (χ1v) is 5.86. The lowest BCUT2D eigenvalue weighted by atomic mass is 10.2. The van der Waals surface area contributed by atoms with E-state index in [1.807, 2.05) is 31.2 Å². The summed E-state index contributed by atoms with van der Waals surface area (Å²) < 4.78 is 5.17. The third kappa shape index (κ3) is 4.07. The fraction of sp³-hybridized carbons (Fsp3) is 0.462. The van der Waals surface area contributed by atoms with Crippen LogP contribution >= 0.6 is 0 Å². The van der Waals surface area contributed by atoms with Crippen LogP contribution < -0.4 is 15.4 Å². The molecule has 0 saturated heterocycles. The molecular formula is C13H20N2O2. The van der Waals surface area contributed by atoms with Gasteiger partial charge in [0.05, 0.1) is 18.8 Å². The molecule has 0 bridgehead atoms. The van der Waals surface area contributed by atoms with E-state index < -0.39 is 0 Å². The minimum atomic E-state index is -0.208. The number of anilines is 1. The molecule has 0 heterocycles. The van der Waals surface area contributed by atoms with Gasteiger partial charge in [0.15, 0.2) is 0 Å². The van der Waals surface area contributed by atoms with Gasteiger partial charge < -0.3 is 15.4 Å². The summed E-state index contributed by atoms with van der Waals surface area (Å²) in [5.41, 5.74) is 0.699. The average Bonchev–Trinajstić information content (AvgIpc) is 2.36. The molecule has 1 rings (SSSR count). The Morgan fingerprint density at radius 2 is 2.12 bits per heavy atom. The van der Waals surface area contributed by atoms with E-state index in [0.717, 1.165) is 13.0 Å². The van der Waals surface area contributed by atoms with Crippen molar-refractivity contribution in [1.82, 2.24) is 5.32 Å². The highest BCUT2D eigenvalue weighted by atomic mass is 16.5. The first-order chi connectivity index (χ1) is 8.19. The van der Waals surface area contributed by atoms with Crippen LogP contribution in [0.5, 0.6) is 5.75 Å². The number of carbonyl (C=O) groups is 1. The van der Waals surface area contributed by atoms with Crippen LogP contribution in [0.4, 0.5) is 5.69 Å². The number of benzene rings is 1. The van der Waals surface area contributed by atoms with Crippen molar-refractivity contribution in [1.29, 1.82) is 0 Å². The summed E-state index contributed by atoms with van der Waals surface area (Å²) in [6.45, 7) is 4.75. The van der Waals surface area contributed by atoms with Crippen LogP contribution in [0.1, 0.15) is 20.3 Å². The Bertz CT molecular complexity index is 366. The Labute approximate surface area is 102 Å². The van der Waals surface area contributed by atoms with E-state index in [0.29, 0.717) is 11.4 Å².